The van der Waals surface area contributed by atoms with Crippen LogP contribution in [0.1, 0.15) is 171 Å². The standard InChI is InChI=1S/C66H102N10O10/c1-12-45(8)58-62(82)71-53(65(85)75-34-22-15-23-35-75)40-49-29-21-20-26-47(32-33-49)25-16-14-19-31-55(77)69-51(38-43(4)5)66(86)76-36-24-30-54(76)60(80)72-57(44(6)7)61(81)70-52(39-48-27-17-13-18-28-48)64(84)73(10)41-56(78)68-50(37-42(2)3)59(79)67-46(9)63(83)74(58)11/h13,17-18,20-21,27-28,32-33,42-46,50-54,57-58H,12,14-16,19,22-26,29-31,34-41H2,1-11H3,(H,67,79)(H,68,78)(H,69,77)(H,70,81)(H,71,82)(H,72,80)/b21-20-,47-32?,49-33?/t45-,46-,50-,51-,52-,53-,54-,57-,58-/m0/s1. The topological polar surface area (TPSA) is 256 Å². The lowest BCUT2D eigenvalue weighted by molar-refractivity contribution is -0.145. The molecule has 0 spiro atoms. The first-order chi connectivity index (χ1) is 40.9. The molecule has 3 aliphatic heterocycles. The number of nitrogens with zero attached hydrogens (tertiary/aromatic N) is 4. The second kappa shape index (κ2) is 34.5. The smallest absolute Gasteiger partial charge is 0.245 e. The van der Waals surface area contributed by atoms with E-state index < -0.39 is 102 Å². The number of carbonyl (C=O) groups excluding carboxylic acids is 10. The summed E-state index contributed by atoms with van der Waals surface area (Å²) in [6.45, 7) is 17.5. The highest BCUT2D eigenvalue weighted by Crippen LogP contribution is 2.25. The Morgan fingerprint density at radius 3 is 1.86 bits per heavy atom. The molecule has 2 bridgehead atoms. The molecule has 5 rings (SSSR count). The van der Waals surface area contributed by atoms with Gasteiger partial charge in [0.15, 0.2) is 0 Å². The third-order valence-corrected chi connectivity index (χ3v) is 17.0. The summed E-state index contributed by atoms with van der Waals surface area (Å²) in [6, 6.07) is 0.705. The van der Waals surface area contributed by atoms with Crippen LogP contribution in [-0.4, -0.2) is 167 Å². The van der Waals surface area contributed by atoms with E-state index in [1.807, 2.05) is 58.6 Å². The SMILES string of the molecule is CC[C@H](C)[C@H]1C(=O)N[C@H](C(=O)N2CCCCC2)CC2=CC=C(C/C=C\C2)CCCCCC(=O)N[C@@H](CC(C)C)C(=O)N2CCC[C@H]2C(=O)N[C@@H](C(C)C)C(=O)N[C@@H](Cc2ccccc2)C(=O)N(C)CC(=O)N[C@@H](CC(C)C)C(=O)N[C@@H](C)C(=O)N1C. The lowest BCUT2D eigenvalue weighted by Crippen LogP contribution is -2.60. The van der Waals surface area contributed by atoms with Crippen LogP contribution in [0.15, 0.2) is 65.8 Å². The van der Waals surface area contributed by atoms with Crippen LogP contribution in [0.3, 0.4) is 0 Å². The Labute approximate surface area is 511 Å². The molecule has 20 heteroatoms. The van der Waals surface area contributed by atoms with E-state index in [1.165, 1.54) is 36.4 Å². The molecule has 2 fully saturated rings. The average Bonchev–Trinajstić information content (AvgIpc) is 2.93. The molecular weight excluding hydrogens is 1090 g/mol. The summed E-state index contributed by atoms with van der Waals surface area (Å²) in [5.41, 5.74) is 2.85. The van der Waals surface area contributed by atoms with Gasteiger partial charge in [-0.05, 0) is 120 Å². The van der Waals surface area contributed by atoms with Crippen molar-refractivity contribution >= 4 is 59.1 Å². The number of allylic oxidation sites excluding steroid dienone is 5. The molecule has 1 aromatic carbocycles. The van der Waals surface area contributed by atoms with Crippen LogP contribution < -0.4 is 31.9 Å². The number of likely N-dealkylation sites (N-methyl/N-ethyl adjacent to an activating group) is 2. The van der Waals surface area contributed by atoms with Gasteiger partial charge in [-0.15, -0.1) is 0 Å². The molecular formula is C66H102N10O10. The van der Waals surface area contributed by atoms with Crippen molar-refractivity contribution in [3.05, 3.63) is 71.3 Å². The van der Waals surface area contributed by atoms with Crippen molar-refractivity contribution in [2.45, 2.75) is 220 Å². The molecule has 0 unspecified atom stereocenters. The fraction of sp³-hybridized carbons (Fsp3) is 0.667. The van der Waals surface area contributed by atoms with E-state index in [1.54, 1.807) is 38.1 Å². The van der Waals surface area contributed by atoms with Gasteiger partial charge >= 0.3 is 0 Å². The van der Waals surface area contributed by atoms with Crippen molar-refractivity contribution in [3.8, 4) is 0 Å². The second-order valence-electron chi connectivity index (χ2n) is 25.6. The minimum Gasteiger partial charge on any atom is -0.344 e. The van der Waals surface area contributed by atoms with E-state index >= 15 is 0 Å². The van der Waals surface area contributed by atoms with Crippen LogP contribution in [-0.2, 0) is 54.4 Å². The molecule has 4 aliphatic rings. The van der Waals surface area contributed by atoms with Gasteiger partial charge in [0.1, 0.15) is 48.3 Å². The van der Waals surface area contributed by atoms with Gasteiger partial charge in [-0.2, -0.15) is 0 Å². The van der Waals surface area contributed by atoms with Gasteiger partial charge in [-0.25, -0.2) is 0 Å². The molecule has 6 N–H and O–H groups in total. The number of fused-ring (bicyclic) bond motifs is 2. The first-order valence-corrected chi connectivity index (χ1v) is 31.9. The summed E-state index contributed by atoms with van der Waals surface area (Å²) in [6.07, 6.45) is 17.8. The first-order valence-electron chi connectivity index (χ1n) is 31.9. The quantitative estimate of drug-likeness (QED) is 0.154. The van der Waals surface area contributed by atoms with Gasteiger partial charge in [-0.3, -0.25) is 47.9 Å². The maximum absolute atomic E-state index is 14.7. The normalized spacial score (nSPS) is 26.9. The zero-order valence-electron chi connectivity index (χ0n) is 53.3. The van der Waals surface area contributed by atoms with E-state index in [-0.39, 0.29) is 61.2 Å². The fourth-order valence-corrected chi connectivity index (χ4v) is 12.0. The molecule has 86 heavy (non-hydrogen) atoms. The van der Waals surface area contributed by atoms with E-state index in [9.17, 15) is 47.9 Å². The maximum Gasteiger partial charge on any atom is 0.245 e. The Bertz CT molecular complexity index is 2590. The number of hydrogen-bond acceptors (Lipinski definition) is 10. The van der Waals surface area contributed by atoms with Crippen molar-refractivity contribution in [3.63, 3.8) is 0 Å². The number of nitrogens with one attached hydrogen (secondary N) is 6. The minimum absolute atomic E-state index is 0.0356. The monoisotopic (exact) mass is 1190 g/mol. The van der Waals surface area contributed by atoms with Crippen LogP contribution in [0.25, 0.3) is 0 Å². The van der Waals surface area contributed by atoms with Crippen LogP contribution in [0.2, 0.25) is 0 Å². The molecule has 476 valence electrons. The van der Waals surface area contributed by atoms with Gasteiger partial charge < -0.3 is 51.5 Å². The number of piperidine rings is 1. The Hall–Kier alpha value is -6.86. The van der Waals surface area contributed by atoms with Crippen molar-refractivity contribution in [2.24, 2.45) is 23.7 Å². The van der Waals surface area contributed by atoms with Crippen LogP contribution >= 0.6 is 0 Å². The summed E-state index contributed by atoms with van der Waals surface area (Å²) >= 11 is 0. The molecule has 1 aliphatic carbocycles. The number of rotatable bonds is 10. The Kier molecular flexibility index (Phi) is 28.0. The highest BCUT2D eigenvalue weighted by atomic mass is 16.2. The summed E-state index contributed by atoms with van der Waals surface area (Å²) in [7, 11) is 2.93. The predicted molar refractivity (Wildman–Crippen MR) is 332 cm³/mol. The van der Waals surface area contributed by atoms with Crippen molar-refractivity contribution in [1.29, 1.82) is 0 Å². The molecule has 9 atom stereocenters. The molecule has 3 heterocycles. The summed E-state index contributed by atoms with van der Waals surface area (Å²) < 4.78 is 0. The summed E-state index contributed by atoms with van der Waals surface area (Å²) in [5.74, 6) is -5.82. The highest BCUT2D eigenvalue weighted by Gasteiger charge is 2.41. The average molecular weight is 1200 g/mol. The van der Waals surface area contributed by atoms with E-state index in [0.29, 0.717) is 63.7 Å². The van der Waals surface area contributed by atoms with Gasteiger partial charge in [0.25, 0.3) is 0 Å². The Morgan fingerprint density at radius 2 is 1.21 bits per heavy atom. The first kappa shape index (κ1) is 69.9. The molecule has 1 aromatic rings. The minimum atomic E-state index is -1.20. The van der Waals surface area contributed by atoms with Gasteiger partial charge in [0.2, 0.25) is 59.1 Å². The van der Waals surface area contributed by atoms with E-state index in [2.05, 4.69) is 50.1 Å². The van der Waals surface area contributed by atoms with Gasteiger partial charge in [0, 0.05) is 46.6 Å². The lowest BCUT2D eigenvalue weighted by atomic mass is 9.94. The number of likely N-dealkylation sites (tertiary alicyclic amines) is 1. The third kappa shape index (κ3) is 21.2. The van der Waals surface area contributed by atoms with Crippen LogP contribution in [0.4, 0.5) is 0 Å². The summed E-state index contributed by atoms with van der Waals surface area (Å²) in [4.78, 5) is 149. The second-order valence-corrected chi connectivity index (χ2v) is 25.6. The Balaban J connectivity index is 1.47. The molecule has 0 saturated carbocycles. The number of hydrogen-bond donors (Lipinski definition) is 6. The van der Waals surface area contributed by atoms with Crippen molar-refractivity contribution < 1.29 is 47.9 Å². The third-order valence-electron chi connectivity index (χ3n) is 17.0. The van der Waals surface area contributed by atoms with E-state index in [0.717, 1.165) is 55.4 Å². The summed E-state index contributed by atoms with van der Waals surface area (Å²) in [5, 5.41) is 17.4. The Morgan fingerprint density at radius 1 is 0.593 bits per heavy atom. The predicted octanol–water partition coefficient (Wildman–Crippen LogP) is 5.80. The lowest BCUT2D eigenvalue weighted by Gasteiger charge is -2.36. The van der Waals surface area contributed by atoms with Crippen LogP contribution in [0, 0.1) is 23.7 Å². The molecule has 0 aromatic heterocycles. The van der Waals surface area contributed by atoms with Gasteiger partial charge in [0.05, 0.1) is 6.54 Å². The largest absolute Gasteiger partial charge is 0.344 e. The zero-order valence-corrected chi connectivity index (χ0v) is 53.3. The maximum atomic E-state index is 14.7. The fourth-order valence-electron chi connectivity index (χ4n) is 12.0. The number of carbonyl (C=O) groups is 10. The van der Waals surface area contributed by atoms with Crippen molar-refractivity contribution in [2.75, 3.05) is 40.3 Å². The van der Waals surface area contributed by atoms with Crippen molar-refractivity contribution in [1.82, 2.24) is 51.5 Å². The zero-order chi connectivity index (χ0) is 63.2. The molecule has 2 saturated heterocycles. The molecule has 10 amide bonds. The molecule has 0 radical (unpaired) electrons. The van der Waals surface area contributed by atoms with Crippen LogP contribution in [0.5, 0.6) is 0 Å². The molecule has 20 nitrogen and oxygen atoms in total. The number of amides is 10. The number of benzene rings is 1. The van der Waals surface area contributed by atoms with Gasteiger partial charge in [-0.1, -0.05) is 134 Å². The highest BCUT2D eigenvalue weighted by molar-refractivity contribution is 5.98. The van der Waals surface area contributed by atoms with E-state index in [4.69, 9.17) is 0 Å².